The van der Waals surface area contributed by atoms with Crippen molar-refractivity contribution in [3.05, 3.63) is 0 Å². The molecule has 2 rings (SSSR count). The van der Waals surface area contributed by atoms with Gasteiger partial charge in [0.25, 0.3) is 5.91 Å². The van der Waals surface area contributed by atoms with Crippen molar-refractivity contribution in [3.8, 4) is 0 Å². The Morgan fingerprint density at radius 1 is 1.25 bits per heavy atom. The Balaban J connectivity index is 1.97. The first-order chi connectivity index (χ1) is 11.5. The highest BCUT2D eigenvalue weighted by molar-refractivity contribution is 7.13. The van der Waals surface area contributed by atoms with E-state index in [1.807, 2.05) is 11.6 Å². The molecular weight excluding hydrogens is 325 g/mol. The van der Waals surface area contributed by atoms with Crippen molar-refractivity contribution in [3.63, 3.8) is 0 Å². The minimum absolute atomic E-state index is 0.0716. The number of hydrogen-bond acceptors (Lipinski definition) is 4. The second-order valence-corrected chi connectivity index (χ2v) is 7.81. The molecule has 0 aromatic carbocycles. The molecule has 1 saturated heterocycles. The maximum Gasteiger partial charge on any atom is 0.251 e. The van der Waals surface area contributed by atoms with E-state index in [9.17, 15) is 14.7 Å². The number of aliphatic hydroxyl groups excluding tert-OH is 1. The van der Waals surface area contributed by atoms with Gasteiger partial charge in [0.1, 0.15) is 0 Å². The average molecular weight is 357 g/mol. The molecule has 1 aliphatic heterocycles. The quantitative estimate of drug-likeness (QED) is 0.542. The van der Waals surface area contributed by atoms with Crippen LogP contribution in [0.15, 0.2) is 0 Å². The minimum atomic E-state index is -1.18. The first-order valence-electron chi connectivity index (χ1n) is 9.28. The van der Waals surface area contributed by atoms with Gasteiger partial charge in [0.2, 0.25) is 5.91 Å². The van der Waals surface area contributed by atoms with Crippen LogP contribution in [0.2, 0.25) is 0 Å². The second kappa shape index (κ2) is 9.12. The Bertz CT molecular complexity index is 443. The SMILES string of the molecule is CCCC1CCN(P)C1C(=O)NC(CCC)C(O)C(=O)NC1CC1. The molecule has 0 spiro atoms. The number of nitrogens with one attached hydrogen (secondary N) is 2. The van der Waals surface area contributed by atoms with Gasteiger partial charge < -0.3 is 15.7 Å². The summed E-state index contributed by atoms with van der Waals surface area (Å²) in [5, 5.41) is 16.1. The fraction of sp³-hybridized carbons (Fsp3) is 0.882. The van der Waals surface area contributed by atoms with Crippen molar-refractivity contribution in [1.29, 1.82) is 0 Å². The smallest absolute Gasteiger partial charge is 0.251 e. The van der Waals surface area contributed by atoms with Gasteiger partial charge in [-0.05, 0) is 38.0 Å². The summed E-state index contributed by atoms with van der Waals surface area (Å²) in [5.41, 5.74) is 0. The molecule has 24 heavy (non-hydrogen) atoms. The lowest BCUT2D eigenvalue weighted by Crippen LogP contribution is -2.54. The third-order valence-corrected chi connectivity index (χ3v) is 5.57. The Morgan fingerprint density at radius 3 is 2.54 bits per heavy atom. The van der Waals surface area contributed by atoms with Crippen LogP contribution in [-0.2, 0) is 9.59 Å². The van der Waals surface area contributed by atoms with Gasteiger partial charge in [0.15, 0.2) is 6.10 Å². The van der Waals surface area contributed by atoms with Gasteiger partial charge in [0.05, 0.1) is 12.1 Å². The van der Waals surface area contributed by atoms with Crippen molar-refractivity contribution in [2.75, 3.05) is 6.54 Å². The lowest BCUT2D eigenvalue weighted by molar-refractivity contribution is -0.133. The van der Waals surface area contributed by atoms with Gasteiger partial charge in [-0.2, -0.15) is 0 Å². The van der Waals surface area contributed by atoms with E-state index in [0.717, 1.165) is 45.1 Å². The van der Waals surface area contributed by atoms with Gasteiger partial charge >= 0.3 is 0 Å². The van der Waals surface area contributed by atoms with Crippen molar-refractivity contribution < 1.29 is 14.7 Å². The van der Waals surface area contributed by atoms with E-state index in [4.69, 9.17) is 0 Å². The molecule has 0 aromatic heterocycles. The van der Waals surface area contributed by atoms with Crippen LogP contribution >= 0.6 is 9.39 Å². The molecule has 7 heteroatoms. The second-order valence-electron chi connectivity index (χ2n) is 7.15. The van der Waals surface area contributed by atoms with E-state index >= 15 is 0 Å². The monoisotopic (exact) mass is 357 g/mol. The first-order valence-corrected chi connectivity index (χ1v) is 9.79. The molecule has 5 unspecified atom stereocenters. The molecule has 2 amide bonds. The van der Waals surface area contributed by atoms with Crippen LogP contribution < -0.4 is 10.6 Å². The fourth-order valence-electron chi connectivity index (χ4n) is 3.51. The number of aliphatic hydroxyl groups is 1. The highest BCUT2D eigenvalue weighted by Crippen LogP contribution is 2.31. The zero-order valence-electron chi connectivity index (χ0n) is 14.8. The van der Waals surface area contributed by atoms with Crippen LogP contribution in [0.3, 0.4) is 0 Å². The minimum Gasteiger partial charge on any atom is -0.381 e. The van der Waals surface area contributed by atoms with E-state index in [1.54, 1.807) is 0 Å². The van der Waals surface area contributed by atoms with Gasteiger partial charge in [-0.15, -0.1) is 0 Å². The molecule has 5 atom stereocenters. The fourth-order valence-corrected chi connectivity index (χ4v) is 4.03. The van der Waals surface area contributed by atoms with Gasteiger partial charge in [-0.3, -0.25) is 14.3 Å². The highest BCUT2D eigenvalue weighted by Gasteiger charge is 2.39. The molecule has 1 aliphatic carbocycles. The number of rotatable bonds is 9. The topological polar surface area (TPSA) is 81.7 Å². The zero-order valence-corrected chi connectivity index (χ0v) is 16.0. The molecule has 0 radical (unpaired) electrons. The lowest BCUT2D eigenvalue weighted by Gasteiger charge is -2.28. The highest BCUT2D eigenvalue weighted by atomic mass is 31.0. The van der Waals surface area contributed by atoms with Gasteiger partial charge in [0, 0.05) is 12.6 Å². The van der Waals surface area contributed by atoms with E-state index in [-0.39, 0.29) is 23.9 Å². The van der Waals surface area contributed by atoms with Crippen molar-refractivity contribution in [2.24, 2.45) is 5.92 Å². The Kier molecular flexibility index (Phi) is 7.45. The molecule has 2 aliphatic rings. The third kappa shape index (κ3) is 5.14. The summed E-state index contributed by atoms with van der Waals surface area (Å²) >= 11 is 0. The maximum atomic E-state index is 12.8. The number of carbonyl (C=O) groups is 2. The Labute approximate surface area is 147 Å². The number of carbonyl (C=O) groups excluding carboxylic acids is 2. The summed E-state index contributed by atoms with van der Waals surface area (Å²) < 4.78 is 2.01. The largest absolute Gasteiger partial charge is 0.381 e. The molecule has 1 saturated carbocycles. The summed E-state index contributed by atoms with van der Waals surface area (Å²) in [5.74, 6) is -0.0969. The lowest BCUT2D eigenvalue weighted by atomic mass is 9.94. The van der Waals surface area contributed by atoms with E-state index < -0.39 is 12.1 Å². The molecule has 6 nitrogen and oxygen atoms in total. The Morgan fingerprint density at radius 2 is 1.96 bits per heavy atom. The van der Waals surface area contributed by atoms with E-state index in [2.05, 4.69) is 26.9 Å². The zero-order chi connectivity index (χ0) is 17.7. The predicted molar refractivity (Wildman–Crippen MR) is 97.2 cm³/mol. The molecule has 0 aromatic rings. The first kappa shape index (κ1) is 19.6. The number of nitrogens with zero attached hydrogens (tertiary/aromatic N) is 1. The van der Waals surface area contributed by atoms with Crippen LogP contribution in [0.5, 0.6) is 0 Å². The predicted octanol–water partition coefficient (Wildman–Crippen LogP) is 1.19. The maximum absolute atomic E-state index is 12.8. The standard InChI is InChI=1S/C17H32N3O3P/c1-3-5-11-9-10-20(24)14(11)16(22)19-13(6-4-2)15(21)17(23)18-12-7-8-12/h11-15,21H,3-10,24H2,1-2H3,(H,18,23)(H,19,22). The summed E-state index contributed by atoms with van der Waals surface area (Å²) in [4.78, 5) is 24.9. The molecule has 0 bridgehead atoms. The average Bonchev–Trinajstić information content (AvgIpc) is 3.28. The molecule has 3 N–H and O–H groups in total. The number of amides is 2. The van der Waals surface area contributed by atoms with Gasteiger partial charge in [-0.1, -0.05) is 36.1 Å². The molecule has 1 heterocycles. The van der Waals surface area contributed by atoms with Crippen molar-refractivity contribution in [1.82, 2.24) is 15.3 Å². The van der Waals surface area contributed by atoms with Crippen LogP contribution in [0.1, 0.15) is 58.8 Å². The summed E-state index contributed by atoms with van der Waals surface area (Å²) in [6, 6.07) is -0.507. The third-order valence-electron chi connectivity index (χ3n) is 4.99. The summed E-state index contributed by atoms with van der Waals surface area (Å²) in [7, 11) is 2.65. The van der Waals surface area contributed by atoms with Gasteiger partial charge in [-0.25, -0.2) is 0 Å². The van der Waals surface area contributed by atoms with Crippen molar-refractivity contribution >= 4 is 21.2 Å². The van der Waals surface area contributed by atoms with Crippen LogP contribution in [-0.4, -0.2) is 52.4 Å². The van der Waals surface area contributed by atoms with E-state index in [0.29, 0.717) is 12.3 Å². The molecule has 2 fully saturated rings. The Hall–Kier alpha value is -0.710. The van der Waals surface area contributed by atoms with Crippen LogP contribution in [0, 0.1) is 5.92 Å². The van der Waals surface area contributed by atoms with E-state index in [1.165, 1.54) is 0 Å². The normalized spacial score (nSPS) is 26.8. The summed E-state index contributed by atoms with van der Waals surface area (Å²) in [6.45, 7) is 5.00. The van der Waals surface area contributed by atoms with Crippen LogP contribution in [0.4, 0.5) is 0 Å². The van der Waals surface area contributed by atoms with Crippen molar-refractivity contribution in [2.45, 2.75) is 83.0 Å². The molecular formula is C17H32N3O3P. The van der Waals surface area contributed by atoms with Crippen LogP contribution in [0.25, 0.3) is 0 Å². The number of hydrogen-bond donors (Lipinski definition) is 3. The summed E-state index contributed by atoms with van der Waals surface area (Å²) in [6.07, 6.45) is 5.25. The molecule has 138 valence electrons.